The van der Waals surface area contributed by atoms with Gasteiger partial charge in [0.2, 0.25) is 25.3 Å². The van der Waals surface area contributed by atoms with Crippen molar-refractivity contribution in [1.29, 1.82) is 0 Å². The van der Waals surface area contributed by atoms with Gasteiger partial charge in [0.15, 0.2) is 5.83 Å². The molecule has 7 nitrogen and oxygen atoms in total. The van der Waals surface area contributed by atoms with Gasteiger partial charge < -0.3 is 5.73 Å². The molecule has 20 heavy (non-hydrogen) atoms. The lowest BCUT2D eigenvalue weighted by molar-refractivity contribution is 0.582. The fourth-order valence-electron chi connectivity index (χ4n) is 1.39. The molecule has 0 radical (unpaired) electrons. The van der Waals surface area contributed by atoms with Crippen LogP contribution in [0.5, 0.6) is 0 Å². The van der Waals surface area contributed by atoms with Crippen LogP contribution in [0.15, 0.2) is 27.2 Å². The zero-order chi connectivity index (χ0) is 15.9. The number of nitrogen functional groups attached to an aromatic ring is 1. The van der Waals surface area contributed by atoms with Crippen LogP contribution in [0.2, 0.25) is 0 Å². The number of hydrogen-bond donors (Lipinski definition) is 3. The van der Waals surface area contributed by atoms with Gasteiger partial charge >= 0.3 is 0 Å². The molecule has 0 aliphatic heterocycles. The number of sulfonamides is 2. The summed E-state index contributed by atoms with van der Waals surface area (Å²) in [5.41, 5.74) is 3.87. The van der Waals surface area contributed by atoms with Gasteiger partial charge in [0.05, 0.1) is 0 Å². The van der Waals surface area contributed by atoms with Crippen molar-refractivity contribution >= 4 is 43.2 Å². The highest BCUT2D eigenvalue weighted by atomic mass is 35.5. The van der Waals surface area contributed by atoms with Crippen molar-refractivity contribution in [2.45, 2.75) is 9.79 Å². The number of anilines is 1. The SMILES string of the molecule is Nc1cc(C(F)=C(F)Cl)c(S(N)(=O)=O)c(S(N)(=O)=O)c1. The van der Waals surface area contributed by atoms with E-state index in [0.717, 1.165) is 0 Å². The first kappa shape index (κ1) is 16.8. The summed E-state index contributed by atoms with van der Waals surface area (Å²) in [6, 6.07) is 1.31. The van der Waals surface area contributed by atoms with Crippen molar-refractivity contribution in [3.8, 4) is 0 Å². The fraction of sp³-hybridized carbons (Fsp3) is 0. The normalized spacial score (nSPS) is 14.1. The second-order valence-corrected chi connectivity index (χ2v) is 6.92. The molecule has 0 bridgehead atoms. The smallest absolute Gasteiger partial charge is 0.240 e. The van der Waals surface area contributed by atoms with Crippen LogP contribution in [0.3, 0.4) is 0 Å². The number of hydrogen-bond acceptors (Lipinski definition) is 5. The minimum Gasteiger partial charge on any atom is -0.399 e. The van der Waals surface area contributed by atoms with Crippen molar-refractivity contribution < 1.29 is 25.6 Å². The van der Waals surface area contributed by atoms with Crippen LogP contribution in [-0.2, 0) is 20.0 Å². The Morgan fingerprint density at radius 3 is 1.90 bits per heavy atom. The van der Waals surface area contributed by atoms with Gasteiger partial charge in [-0.2, -0.15) is 4.39 Å². The third kappa shape index (κ3) is 3.43. The molecule has 1 aromatic rings. The Balaban J connectivity index is 4.07. The number of nitrogens with two attached hydrogens (primary N) is 3. The minimum atomic E-state index is -4.76. The van der Waals surface area contributed by atoms with Gasteiger partial charge in [-0.05, 0) is 23.7 Å². The first-order valence-corrected chi connectivity index (χ1v) is 8.03. The van der Waals surface area contributed by atoms with Gasteiger partial charge in [0.25, 0.3) is 0 Å². The summed E-state index contributed by atoms with van der Waals surface area (Å²) in [4.78, 5) is -2.30. The predicted molar refractivity (Wildman–Crippen MR) is 68.6 cm³/mol. The van der Waals surface area contributed by atoms with Gasteiger partial charge in [0, 0.05) is 11.3 Å². The maximum absolute atomic E-state index is 13.6. The number of primary sulfonamides is 2. The monoisotopic (exact) mass is 347 g/mol. The molecule has 1 rings (SSSR count). The molecule has 0 unspecified atom stereocenters. The third-order valence-electron chi connectivity index (χ3n) is 2.07. The van der Waals surface area contributed by atoms with E-state index in [2.05, 4.69) is 0 Å². The lowest BCUT2D eigenvalue weighted by Crippen LogP contribution is -2.22. The molecule has 0 aliphatic rings. The molecule has 0 heterocycles. The van der Waals surface area contributed by atoms with Crippen molar-refractivity contribution in [3.05, 3.63) is 23.0 Å². The second-order valence-electron chi connectivity index (χ2n) is 3.56. The molecule has 0 saturated heterocycles. The molecule has 0 saturated carbocycles. The second kappa shape index (κ2) is 5.26. The number of halogens is 3. The Morgan fingerprint density at radius 2 is 1.55 bits per heavy atom. The van der Waals surface area contributed by atoms with E-state index in [1.165, 1.54) is 0 Å². The largest absolute Gasteiger partial charge is 0.399 e. The number of rotatable bonds is 3. The summed E-state index contributed by atoms with van der Waals surface area (Å²) >= 11 is 4.78. The molecular formula is C8H8ClF2N3O4S2. The van der Waals surface area contributed by atoms with Gasteiger partial charge in [-0.3, -0.25) is 0 Å². The Kier molecular flexibility index (Phi) is 4.41. The summed E-state index contributed by atoms with van der Waals surface area (Å²) in [5.74, 6) is -1.84. The molecule has 0 atom stereocenters. The van der Waals surface area contributed by atoms with E-state index in [0.29, 0.717) is 12.1 Å². The average molecular weight is 348 g/mol. The van der Waals surface area contributed by atoms with Crippen LogP contribution in [0.4, 0.5) is 14.5 Å². The van der Waals surface area contributed by atoms with Crippen molar-refractivity contribution in [3.63, 3.8) is 0 Å². The van der Waals surface area contributed by atoms with E-state index in [1.807, 2.05) is 0 Å². The minimum absolute atomic E-state index is 0.385. The van der Waals surface area contributed by atoms with Crippen LogP contribution >= 0.6 is 11.6 Å². The summed E-state index contributed by atoms with van der Waals surface area (Å²) < 4.78 is 71.8. The highest BCUT2D eigenvalue weighted by Gasteiger charge is 2.29. The quantitative estimate of drug-likeness (QED) is 0.676. The molecule has 1 aromatic carbocycles. The fourth-order valence-corrected chi connectivity index (χ4v) is 3.66. The molecule has 112 valence electrons. The number of benzene rings is 1. The molecule has 0 aliphatic carbocycles. The average Bonchev–Trinajstić information content (AvgIpc) is 2.23. The van der Waals surface area contributed by atoms with Crippen LogP contribution in [0, 0.1) is 0 Å². The highest BCUT2D eigenvalue weighted by Crippen LogP contribution is 2.34. The zero-order valence-electron chi connectivity index (χ0n) is 9.47. The van der Waals surface area contributed by atoms with E-state index in [-0.39, 0.29) is 5.69 Å². The standard InChI is InChI=1S/C8H8ClF2N3O4S2/c9-8(11)6(10)4-1-3(12)2-5(19(13,15)16)7(4)20(14,17)18/h1-2H,12H2,(H2,13,15,16)(H2,14,17,18). The van der Waals surface area contributed by atoms with Gasteiger partial charge in [0.1, 0.15) is 9.79 Å². The van der Waals surface area contributed by atoms with Crippen molar-refractivity contribution in [2.75, 3.05) is 5.73 Å². The third-order valence-corrected chi connectivity index (χ3v) is 4.31. The lowest BCUT2D eigenvalue weighted by atomic mass is 10.2. The first-order valence-electron chi connectivity index (χ1n) is 4.56. The van der Waals surface area contributed by atoms with Crippen LogP contribution < -0.4 is 16.0 Å². The van der Waals surface area contributed by atoms with E-state index < -0.39 is 46.5 Å². The van der Waals surface area contributed by atoms with Crippen LogP contribution in [-0.4, -0.2) is 16.8 Å². The molecule has 12 heteroatoms. The molecule has 6 N–H and O–H groups in total. The van der Waals surface area contributed by atoms with E-state index in [4.69, 9.17) is 27.6 Å². The lowest BCUT2D eigenvalue weighted by Gasteiger charge is -2.12. The summed E-state index contributed by atoms with van der Waals surface area (Å²) in [6.07, 6.45) is 0. The summed E-state index contributed by atoms with van der Waals surface area (Å²) in [5, 5.41) is 7.70. The Morgan fingerprint density at radius 1 is 1.05 bits per heavy atom. The summed E-state index contributed by atoms with van der Waals surface area (Å²) in [6.45, 7) is 0. The molecule has 0 amide bonds. The Bertz CT molecular complexity index is 801. The molecule has 0 fully saturated rings. The van der Waals surface area contributed by atoms with E-state index >= 15 is 0 Å². The van der Waals surface area contributed by atoms with E-state index in [9.17, 15) is 25.6 Å². The van der Waals surface area contributed by atoms with E-state index in [1.54, 1.807) is 0 Å². The first-order chi connectivity index (χ1) is 8.85. The Hall–Kier alpha value is -1.27. The van der Waals surface area contributed by atoms with Gasteiger partial charge in [-0.1, -0.05) is 0 Å². The molecule has 0 spiro atoms. The highest BCUT2D eigenvalue weighted by molar-refractivity contribution is 7.92. The topological polar surface area (TPSA) is 146 Å². The van der Waals surface area contributed by atoms with Gasteiger partial charge in [-0.25, -0.2) is 31.5 Å². The maximum atomic E-state index is 13.6. The van der Waals surface area contributed by atoms with Crippen LogP contribution in [0.25, 0.3) is 5.83 Å². The zero-order valence-corrected chi connectivity index (χ0v) is 11.9. The predicted octanol–water partition coefficient (Wildman–Crippen LogP) is 0.368. The molecular weight excluding hydrogens is 340 g/mol. The molecule has 0 aromatic heterocycles. The maximum Gasteiger partial charge on any atom is 0.240 e. The van der Waals surface area contributed by atoms with Crippen LogP contribution in [0.1, 0.15) is 5.56 Å². The Labute approximate surface area is 118 Å². The summed E-state index contributed by atoms with van der Waals surface area (Å²) in [7, 11) is -9.37. The van der Waals surface area contributed by atoms with Crippen molar-refractivity contribution in [1.82, 2.24) is 0 Å². The van der Waals surface area contributed by atoms with Gasteiger partial charge in [-0.15, -0.1) is 0 Å². The van der Waals surface area contributed by atoms with Crippen molar-refractivity contribution in [2.24, 2.45) is 10.3 Å².